The molecule has 0 radical (unpaired) electrons. The van der Waals surface area contributed by atoms with Gasteiger partial charge in [-0.3, -0.25) is 47.9 Å². The zero-order chi connectivity index (χ0) is 54.5. The van der Waals surface area contributed by atoms with Crippen LogP contribution < -0.4 is 10.6 Å². The highest BCUT2D eigenvalue weighted by molar-refractivity contribution is 6.00. The van der Waals surface area contributed by atoms with Crippen LogP contribution in [-0.4, -0.2) is 264 Å². The van der Waals surface area contributed by atoms with Gasteiger partial charge in [-0.15, -0.1) is 0 Å². The fourth-order valence-electron chi connectivity index (χ4n) is 15.4. The van der Waals surface area contributed by atoms with Gasteiger partial charge in [-0.05, 0) is 142 Å². The van der Waals surface area contributed by atoms with Crippen LogP contribution in [-0.2, 0) is 52.7 Å². The molecule has 0 saturated carbocycles. The molecule has 11 aliphatic heterocycles. The van der Waals surface area contributed by atoms with Crippen molar-refractivity contribution in [3.05, 3.63) is 0 Å². The monoisotopic (exact) mass is 1090 g/mol. The van der Waals surface area contributed by atoms with Gasteiger partial charge in [0.05, 0.1) is 12.1 Å². The quantitative estimate of drug-likeness (QED) is 0.213. The Morgan fingerprint density at radius 1 is 0.256 bits per heavy atom. The van der Waals surface area contributed by atoms with Gasteiger partial charge in [-0.25, -0.2) is 4.79 Å². The van der Waals surface area contributed by atoms with Crippen LogP contribution in [0.2, 0.25) is 0 Å². The van der Waals surface area contributed by atoms with Crippen molar-refractivity contribution < 1.29 is 57.8 Å². The number of nitrogens with zero attached hydrogens (tertiary/aromatic N) is 10. The third-order valence-electron chi connectivity index (χ3n) is 19.2. The molecular weight excluding hydrogens is 1010 g/mol. The zero-order valence-electron chi connectivity index (χ0n) is 44.9. The average molecular weight is 1090 g/mol. The number of carbonyl (C=O) groups excluding carboxylic acids is 10. The molecule has 11 heterocycles. The molecule has 0 unspecified atom stereocenters. The Bertz CT molecular complexity index is 2280. The molecule has 11 rings (SSSR count). The van der Waals surface area contributed by atoms with Crippen molar-refractivity contribution in [1.29, 1.82) is 0 Å². The van der Waals surface area contributed by atoms with E-state index in [1.807, 2.05) is 0 Å². The molecule has 10 atom stereocenters. The molecule has 10 amide bonds. The highest BCUT2D eigenvalue weighted by Gasteiger charge is 2.54. The van der Waals surface area contributed by atoms with E-state index in [9.17, 15) is 57.8 Å². The van der Waals surface area contributed by atoms with Gasteiger partial charge in [0.15, 0.2) is 0 Å². The first-order valence-electron chi connectivity index (χ1n) is 29.5. The highest BCUT2D eigenvalue weighted by Crippen LogP contribution is 2.35. The second-order valence-corrected chi connectivity index (χ2v) is 23.6. The van der Waals surface area contributed by atoms with Gasteiger partial charge in [0.25, 0.3) is 0 Å². The predicted molar refractivity (Wildman–Crippen MR) is 275 cm³/mol. The van der Waals surface area contributed by atoms with E-state index in [0.717, 1.165) is 48.6 Å². The van der Waals surface area contributed by atoms with E-state index in [-0.39, 0.29) is 86.5 Å². The van der Waals surface area contributed by atoms with Crippen LogP contribution in [0, 0.1) is 0 Å². The van der Waals surface area contributed by atoms with Crippen LogP contribution in [0.4, 0.5) is 0 Å². The summed E-state index contributed by atoms with van der Waals surface area (Å²) < 4.78 is 0. The summed E-state index contributed by atoms with van der Waals surface area (Å²) in [5.41, 5.74) is 0. The van der Waals surface area contributed by atoms with E-state index < -0.39 is 84.1 Å². The smallest absolute Gasteiger partial charge is 0.347 e. The largest absolute Gasteiger partial charge is 0.478 e. The Kier molecular flexibility index (Phi) is 15.7. The number of rotatable bonds is 11. The first-order chi connectivity index (χ1) is 37.7. The van der Waals surface area contributed by atoms with Gasteiger partial charge >= 0.3 is 5.97 Å². The normalized spacial score (nSPS) is 32.5. The Hall–Kier alpha value is -5.91. The minimum Gasteiger partial charge on any atom is -0.478 e. The molecular formula is C54H78N12O12. The topological polar surface area (TPSA) is 264 Å². The van der Waals surface area contributed by atoms with E-state index in [1.54, 1.807) is 29.4 Å². The maximum absolute atomic E-state index is 14.6. The van der Waals surface area contributed by atoms with Crippen molar-refractivity contribution in [3.8, 4) is 0 Å². The second-order valence-electron chi connectivity index (χ2n) is 23.6. The van der Waals surface area contributed by atoms with Crippen molar-refractivity contribution in [1.82, 2.24) is 59.6 Å². The maximum Gasteiger partial charge on any atom is 0.347 e. The van der Waals surface area contributed by atoms with Crippen LogP contribution in [0.1, 0.15) is 128 Å². The summed E-state index contributed by atoms with van der Waals surface area (Å²) in [7, 11) is 0. The first kappa shape index (κ1) is 54.1. The van der Waals surface area contributed by atoms with Gasteiger partial charge in [0, 0.05) is 65.4 Å². The molecule has 0 spiro atoms. The fraction of sp³-hybridized carbons (Fsp3) is 0.796. The summed E-state index contributed by atoms with van der Waals surface area (Å²) in [6.07, 6.45) is 9.24. The van der Waals surface area contributed by atoms with Crippen LogP contribution >= 0.6 is 0 Å². The molecule has 0 bridgehead atoms. The number of aliphatic carboxylic acids is 1. The highest BCUT2D eigenvalue weighted by atomic mass is 16.4. The number of likely N-dealkylation sites (tertiary alicyclic amines) is 8. The van der Waals surface area contributed by atoms with Crippen molar-refractivity contribution in [3.63, 3.8) is 0 Å². The lowest BCUT2D eigenvalue weighted by atomic mass is 10.1. The number of carboxylic acid groups (broad SMARTS) is 1. The van der Waals surface area contributed by atoms with Gasteiger partial charge in [-0.2, -0.15) is 0 Å². The molecule has 3 N–H and O–H groups in total. The Balaban J connectivity index is 0.719. The van der Waals surface area contributed by atoms with E-state index in [4.69, 9.17) is 0 Å². The number of nitrogens with one attached hydrogen (secondary N) is 2. The number of amides is 10. The van der Waals surface area contributed by atoms with Crippen LogP contribution in [0.3, 0.4) is 0 Å². The minimum absolute atomic E-state index is 0.0779. The van der Waals surface area contributed by atoms with Gasteiger partial charge in [0.2, 0.25) is 65.2 Å². The Morgan fingerprint density at radius 2 is 0.462 bits per heavy atom. The van der Waals surface area contributed by atoms with Gasteiger partial charge in [0.1, 0.15) is 48.3 Å². The van der Waals surface area contributed by atoms with E-state index >= 15 is 0 Å². The van der Waals surface area contributed by atoms with Gasteiger partial charge < -0.3 is 64.7 Å². The van der Waals surface area contributed by atoms with Gasteiger partial charge in [-0.1, -0.05) is 0 Å². The lowest BCUT2D eigenvalue weighted by Gasteiger charge is -2.37. The third-order valence-corrected chi connectivity index (χ3v) is 19.2. The maximum atomic E-state index is 14.6. The molecule has 24 nitrogen and oxygen atoms in total. The second kappa shape index (κ2) is 22.7. The van der Waals surface area contributed by atoms with E-state index in [2.05, 4.69) is 10.6 Å². The molecule has 11 aliphatic rings. The first-order valence-corrected chi connectivity index (χ1v) is 29.5. The zero-order valence-corrected chi connectivity index (χ0v) is 44.9. The SMILES string of the molecule is O=C(O)C1N(C(=O)[C@@H]2CCCN2C(=O)[C@@H]2CCCN2C(=O)[C@@H]2CCCN2C(=O)[C@@H]2CCCN2C(=O)[C@@H]2CCCN2)CCN1C(=O)[C@@H]1CCCN1C(=O)[C@@H]1CCCN1C(=O)[C@@H]1CCCN1C(=O)[C@@H]1CCCN1C(=O)[C@@H]1CCCN1. The molecule has 0 aromatic carbocycles. The summed E-state index contributed by atoms with van der Waals surface area (Å²) in [4.78, 5) is 171. The molecule has 0 aliphatic carbocycles. The lowest BCUT2D eigenvalue weighted by Crippen LogP contribution is -2.60. The molecule has 0 aromatic rings. The molecule has 0 aromatic heterocycles. The number of hydrogen-bond donors (Lipinski definition) is 3. The summed E-state index contributed by atoms with van der Waals surface area (Å²) in [5.74, 6) is -4.81. The Labute approximate surface area is 454 Å². The molecule has 11 fully saturated rings. The van der Waals surface area contributed by atoms with E-state index in [0.29, 0.717) is 129 Å². The van der Waals surface area contributed by atoms with Crippen molar-refractivity contribution in [2.24, 2.45) is 0 Å². The standard InChI is InChI=1S/C54H78N12O12/c67-44(33-11-1-21-55-33)57-23-3-13-35(57)46(69)59-25-5-15-37(59)48(71)61-27-7-17-39(61)50(73)63-29-9-19-41(63)52(75)65-31-32-66(43(65)54(77)78)53(76)42-20-10-30-64(42)51(74)40-18-8-28-62(40)49(72)38-16-6-26-60(38)47(70)36-14-4-24-58(36)45(68)34-12-2-22-56-34/h33-43,55-56H,1-32H2,(H,77,78)/t33-,34-,35-,36-,37-,38-,39-,40-,41-,42-/m0/s1. The number of hydrogen-bond acceptors (Lipinski definition) is 13. The van der Waals surface area contributed by atoms with Crippen molar-refractivity contribution >= 4 is 65.0 Å². The molecule has 11 saturated heterocycles. The van der Waals surface area contributed by atoms with Crippen LogP contribution in [0.5, 0.6) is 0 Å². The van der Waals surface area contributed by atoms with Crippen molar-refractivity contribution in [2.75, 3.05) is 78.5 Å². The minimum atomic E-state index is -1.70. The Morgan fingerprint density at radius 3 is 0.654 bits per heavy atom. The average Bonchev–Trinajstić information content (AvgIpc) is 4.35. The van der Waals surface area contributed by atoms with E-state index in [1.165, 1.54) is 9.80 Å². The lowest BCUT2D eigenvalue weighted by molar-refractivity contribution is -0.162. The summed E-state index contributed by atoms with van der Waals surface area (Å²) >= 11 is 0. The summed E-state index contributed by atoms with van der Waals surface area (Å²) in [6, 6.07) is -7.33. The number of carbonyl (C=O) groups is 11. The molecule has 426 valence electrons. The van der Waals surface area contributed by atoms with Crippen LogP contribution in [0.15, 0.2) is 0 Å². The number of carboxylic acids is 1. The fourth-order valence-corrected chi connectivity index (χ4v) is 15.4. The van der Waals surface area contributed by atoms with Crippen molar-refractivity contribution in [2.45, 2.75) is 195 Å². The van der Waals surface area contributed by atoms with Crippen LogP contribution in [0.25, 0.3) is 0 Å². The predicted octanol–water partition coefficient (Wildman–Crippen LogP) is -1.50. The summed E-state index contributed by atoms with van der Waals surface area (Å²) in [6.45, 7) is 4.00. The molecule has 78 heavy (non-hydrogen) atoms. The molecule has 24 heteroatoms. The third kappa shape index (κ3) is 9.77. The summed E-state index contributed by atoms with van der Waals surface area (Å²) in [5, 5.41) is 17.2.